The summed E-state index contributed by atoms with van der Waals surface area (Å²) < 4.78 is 0.823. The normalized spacial score (nSPS) is 12.1. The first-order valence-electron chi connectivity index (χ1n) is 1.82. The van der Waals surface area contributed by atoms with Crippen LogP contribution in [0, 0.1) is 0 Å². The van der Waals surface area contributed by atoms with E-state index >= 15 is 0 Å². The average molecular weight is 230 g/mol. The maximum absolute atomic E-state index is 8.33. The fourth-order valence-electron chi connectivity index (χ4n) is 0.148. The highest BCUT2D eigenvalue weighted by atomic mass is 79.9. The Morgan fingerprint density at radius 3 is 2.43 bits per heavy atom. The molecule has 0 aliphatic carbocycles. The zero-order valence-electron chi connectivity index (χ0n) is 3.69. The van der Waals surface area contributed by atoms with Crippen LogP contribution in [-0.2, 0) is 0 Å². The number of alkyl halides is 1. The molecule has 0 aromatic rings. The lowest BCUT2D eigenvalue weighted by molar-refractivity contribution is 0.340. The predicted octanol–water partition coefficient (Wildman–Crippen LogP) is 1.65. The molecule has 0 bridgehead atoms. The molecule has 0 unspecified atom stereocenters. The van der Waals surface area contributed by atoms with Crippen molar-refractivity contribution in [2.75, 3.05) is 11.9 Å². The lowest BCUT2D eigenvalue weighted by atomic mass is 10.6. The van der Waals surface area contributed by atoms with E-state index in [4.69, 9.17) is 5.11 Å². The fourth-order valence-corrected chi connectivity index (χ4v) is 1.14. The highest BCUT2D eigenvalue weighted by Crippen LogP contribution is 2.02. The molecule has 0 heterocycles. The Morgan fingerprint density at radius 2 is 2.29 bits per heavy atom. The highest BCUT2D eigenvalue weighted by Gasteiger charge is 1.81. The summed E-state index contributed by atoms with van der Waals surface area (Å²) in [6.45, 7) is 0.0889. The summed E-state index contributed by atoms with van der Waals surface area (Å²) in [4.78, 5) is 0. The van der Waals surface area contributed by atoms with E-state index in [-0.39, 0.29) is 6.61 Å². The number of hydrogen-bond acceptors (Lipinski definition) is 1. The molecule has 0 saturated heterocycles. The van der Waals surface area contributed by atoms with Gasteiger partial charge in [-0.05, 0) is 0 Å². The van der Waals surface area contributed by atoms with Gasteiger partial charge in [0.2, 0.25) is 0 Å². The molecule has 1 nitrogen and oxygen atoms in total. The molecule has 0 atom stereocenters. The van der Waals surface area contributed by atoms with Crippen molar-refractivity contribution in [3.05, 3.63) is 10.6 Å². The van der Waals surface area contributed by atoms with E-state index in [0.717, 1.165) is 9.81 Å². The number of aliphatic hydroxyl groups excluding tert-OH is 1. The van der Waals surface area contributed by atoms with E-state index in [9.17, 15) is 0 Å². The van der Waals surface area contributed by atoms with Crippen molar-refractivity contribution >= 4 is 31.9 Å². The van der Waals surface area contributed by atoms with Crippen molar-refractivity contribution < 1.29 is 5.11 Å². The maximum Gasteiger partial charge on any atom is 0.0743 e. The molecule has 0 amide bonds. The first-order chi connectivity index (χ1) is 3.31. The summed E-state index contributed by atoms with van der Waals surface area (Å²) in [6.07, 6.45) is 1.85. The van der Waals surface area contributed by atoms with Gasteiger partial charge in [0.1, 0.15) is 0 Å². The Balaban J connectivity index is 3.29. The molecule has 0 aromatic heterocycles. The molecular weight excluding hydrogens is 224 g/mol. The summed E-state index contributed by atoms with van der Waals surface area (Å²) in [5.41, 5.74) is 0. The van der Waals surface area contributed by atoms with Crippen LogP contribution >= 0.6 is 31.9 Å². The Morgan fingerprint density at radius 1 is 1.71 bits per heavy atom. The third-order valence-electron chi connectivity index (χ3n) is 0.450. The minimum absolute atomic E-state index is 0.0889. The zero-order chi connectivity index (χ0) is 5.70. The fraction of sp³-hybridized carbons (Fsp3) is 0.500. The van der Waals surface area contributed by atoms with Gasteiger partial charge in [-0.25, -0.2) is 0 Å². The molecule has 0 aliphatic rings. The summed E-state index contributed by atoms with van der Waals surface area (Å²) in [7, 11) is 0. The molecule has 3 heteroatoms. The largest absolute Gasteiger partial charge is 0.391 e. The van der Waals surface area contributed by atoms with Crippen LogP contribution in [0.2, 0.25) is 0 Å². The molecule has 7 heavy (non-hydrogen) atoms. The van der Waals surface area contributed by atoms with Crippen LogP contribution in [0.3, 0.4) is 0 Å². The lowest BCUT2D eigenvalue weighted by Gasteiger charge is -1.84. The van der Waals surface area contributed by atoms with Gasteiger partial charge in [0.15, 0.2) is 0 Å². The summed E-state index contributed by atoms with van der Waals surface area (Å²) in [5.74, 6) is 0. The van der Waals surface area contributed by atoms with Gasteiger partial charge in [-0.1, -0.05) is 37.9 Å². The van der Waals surface area contributed by atoms with Crippen LogP contribution in [-0.4, -0.2) is 17.0 Å². The topological polar surface area (TPSA) is 20.2 Å². The molecule has 42 valence electrons. The van der Waals surface area contributed by atoms with Gasteiger partial charge in [-0.15, -0.1) is 0 Å². The van der Waals surface area contributed by atoms with E-state index in [0.29, 0.717) is 0 Å². The molecule has 0 rings (SSSR count). The smallest absolute Gasteiger partial charge is 0.0743 e. The molecule has 0 spiro atoms. The molecule has 0 aromatic carbocycles. The molecule has 1 N–H and O–H groups in total. The lowest BCUT2D eigenvalue weighted by Crippen LogP contribution is -1.78. The Bertz CT molecular complexity index is 70.1. The van der Waals surface area contributed by atoms with E-state index < -0.39 is 0 Å². The Hall–Kier alpha value is 0.660. The predicted molar refractivity (Wildman–Crippen MR) is 37.9 cm³/mol. The van der Waals surface area contributed by atoms with E-state index in [1.807, 2.05) is 6.08 Å². The van der Waals surface area contributed by atoms with Gasteiger partial charge >= 0.3 is 0 Å². The number of allylic oxidation sites excluding steroid dienone is 1. The molecule has 0 radical (unpaired) electrons. The summed E-state index contributed by atoms with van der Waals surface area (Å²) in [5, 5.41) is 9.12. The second kappa shape index (κ2) is 4.81. The third kappa shape index (κ3) is 4.51. The Labute approximate surface area is 59.7 Å². The molecule has 0 saturated carbocycles. The van der Waals surface area contributed by atoms with Gasteiger partial charge in [-0.3, -0.25) is 0 Å². The van der Waals surface area contributed by atoms with Crippen LogP contribution in [0.25, 0.3) is 0 Å². The first-order valence-corrected chi connectivity index (χ1v) is 3.74. The standard InChI is InChI=1S/C4H6Br2O/c5-2-1-4(6)3-7/h1,7H,2-3H2. The second-order valence-corrected chi connectivity index (χ2v) is 2.63. The minimum atomic E-state index is 0.0889. The zero-order valence-corrected chi connectivity index (χ0v) is 6.87. The molecular formula is C4H6Br2O. The van der Waals surface area contributed by atoms with Gasteiger partial charge < -0.3 is 5.11 Å². The van der Waals surface area contributed by atoms with Crippen LogP contribution < -0.4 is 0 Å². The second-order valence-electron chi connectivity index (χ2n) is 0.963. The number of halogens is 2. The van der Waals surface area contributed by atoms with Gasteiger partial charge in [0, 0.05) is 9.81 Å². The number of rotatable bonds is 2. The molecule has 0 aliphatic heterocycles. The van der Waals surface area contributed by atoms with Crippen molar-refractivity contribution in [1.82, 2.24) is 0 Å². The van der Waals surface area contributed by atoms with Gasteiger partial charge in [-0.2, -0.15) is 0 Å². The highest BCUT2D eigenvalue weighted by molar-refractivity contribution is 9.12. The maximum atomic E-state index is 8.33. The van der Waals surface area contributed by atoms with Gasteiger partial charge in [0.25, 0.3) is 0 Å². The minimum Gasteiger partial charge on any atom is -0.391 e. The summed E-state index contributed by atoms with van der Waals surface area (Å²) in [6, 6.07) is 0. The SMILES string of the molecule is OCC(Br)=CCBr. The van der Waals surface area contributed by atoms with Crippen LogP contribution in [0.15, 0.2) is 10.6 Å². The Kier molecular flexibility index (Phi) is 5.26. The monoisotopic (exact) mass is 228 g/mol. The average Bonchev–Trinajstić information content (AvgIpc) is 1.68. The first kappa shape index (κ1) is 7.66. The number of aliphatic hydroxyl groups is 1. The van der Waals surface area contributed by atoms with Crippen molar-refractivity contribution in [2.24, 2.45) is 0 Å². The van der Waals surface area contributed by atoms with E-state index in [1.54, 1.807) is 0 Å². The van der Waals surface area contributed by atoms with Crippen molar-refractivity contribution in [3.63, 3.8) is 0 Å². The van der Waals surface area contributed by atoms with E-state index in [2.05, 4.69) is 31.9 Å². The molecule has 0 fully saturated rings. The van der Waals surface area contributed by atoms with Gasteiger partial charge in [0.05, 0.1) is 6.61 Å². The van der Waals surface area contributed by atoms with E-state index in [1.165, 1.54) is 0 Å². The van der Waals surface area contributed by atoms with Crippen molar-refractivity contribution in [1.29, 1.82) is 0 Å². The van der Waals surface area contributed by atoms with Crippen LogP contribution in [0.5, 0.6) is 0 Å². The summed E-state index contributed by atoms with van der Waals surface area (Å²) >= 11 is 6.29. The number of hydrogen-bond donors (Lipinski definition) is 1. The quantitative estimate of drug-likeness (QED) is 0.715. The van der Waals surface area contributed by atoms with Crippen molar-refractivity contribution in [3.8, 4) is 0 Å². The van der Waals surface area contributed by atoms with Crippen LogP contribution in [0.1, 0.15) is 0 Å². The van der Waals surface area contributed by atoms with Crippen LogP contribution in [0.4, 0.5) is 0 Å². The third-order valence-corrected chi connectivity index (χ3v) is 1.35. The van der Waals surface area contributed by atoms with Crippen molar-refractivity contribution in [2.45, 2.75) is 0 Å².